The molecule has 0 aliphatic heterocycles. The number of rotatable bonds is 6. The molecule has 3 aromatic rings. The molecule has 30 heavy (non-hydrogen) atoms. The summed E-state index contributed by atoms with van der Waals surface area (Å²) in [6.07, 6.45) is 0. The molecular weight excluding hydrogens is 420 g/mol. The normalized spacial score (nSPS) is 11.9. The van der Waals surface area contributed by atoms with Crippen molar-refractivity contribution in [2.45, 2.75) is 30.6 Å². The Balaban J connectivity index is 2.05. The van der Waals surface area contributed by atoms with Crippen LogP contribution in [0.4, 0.5) is 11.4 Å². The number of nitrogens with one attached hydrogen (secondary N) is 1. The summed E-state index contributed by atoms with van der Waals surface area (Å²) in [6, 6.07) is 18.2. The van der Waals surface area contributed by atoms with Crippen LogP contribution in [-0.4, -0.2) is 23.9 Å². The third kappa shape index (κ3) is 4.34. The Kier molecular flexibility index (Phi) is 5.92. The number of para-hydroxylation sites is 1. The summed E-state index contributed by atoms with van der Waals surface area (Å²) in [5.41, 5.74) is 2.86. The second-order valence-electron chi connectivity index (χ2n) is 7.16. The van der Waals surface area contributed by atoms with E-state index in [4.69, 9.17) is 0 Å². The minimum Gasteiger partial charge on any atom is -0.280 e. The predicted molar refractivity (Wildman–Crippen MR) is 120 cm³/mol. The summed E-state index contributed by atoms with van der Waals surface area (Å²) in [6.45, 7) is 5.32. The van der Waals surface area contributed by atoms with E-state index in [1.807, 2.05) is 6.92 Å². The highest BCUT2D eigenvalue weighted by Crippen LogP contribution is 2.31. The van der Waals surface area contributed by atoms with Gasteiger partial charge < -0.3 is 0 Å². The van der Waals surface area contributed by atoms with Crippen molar-refractivity contribution in [3.05, 3.63) is 83.4 Å². The van der Waals surface area contributed by atoms with Crippen molar-refractivity contribution in [2.24, 2.45) is 0 Å². The van der Waals surface area contributed by atoms with Crippen LogP contribution in [-0.2, 0) is 20.0 Å². The number of hydrogen-bond donors (Lipinski definition) is 1. The molecule has 0 atom stereocenters. The van der Waals surface area contributed by atoms with E-state index in [0.29, 0.717) is 22.5 Å². The van der Waals surface area contributed by atoms with Gasteiger partial charge in [0.2, 0.25) is 0 Å². The minimum atomic E-state index is -3.90. The van der Waals surface area contributed by atoms with Crippen LogP contribution in [0, 0.1) is 20.8 Å². The number of sulfonamides is 2. The zero-order valence-corrected chi connectivity index (χ0v) is 18.9. The highest BCUT2D eigenvalue weighted by atomic mass is 32.2. The zero-order valence-electron chi connectivity index (χ0n) is 17.2. The number of aryl methyl sites for hydroxylation is 3. The van der Waals surface area contributed by atoms with Gasteiger partial charge >= 0.3 is 0 Å². The molecule has 0 saturated heterocycles. The first-order valence-corrected chi connectivity index (χ1v) is 12.2. The SMILES string of the molecule is Cc1ccc(S(=O)(=O)N(C)c2cc(S(=O)(=O)Nc3ccccc3)c(C)cc2C)cc1. The lowest BCUT2D eigenvalue weighted by atomic mass is 10.1. The van der Waals surface area contributed by atoms with Gasteiger partial charge in [0.15, 0.2) is 0 Å². The lowest BCUT2D eigenvalue weighted by Gasteiger charge is -2.23. The van der Waals surface area contributed by atoms with E-state index in [-0.39, 0.29) is 9.79 Å². The molecule has 0 aliphatic rings. The number of hydrogen-bond acceptors (Lipinski definition) is 4. The van der Waals surface area contributed by atoms with Gasteiger partial charge in [-0.25, -0.2) is 16.8 Å². The van der Waals surface area contributed by atoms with Crippen LogP contribution in [0.2, 0.25) is 0 Å². The molecule has 1 N–H and O–H groups in total. The van der Waals surface area contributed by atoms with Crippen molar-refractivity contribution >= 4 is 31.4 Å². The highest BCUT2D eigenvalue weighted by molar-refractivity contribution is 7.93. The Morgan fingerprint density at radius 2 is 1.37 bits per heavy atom. The lowest BCUT2D eigenvalue weighted by molar-refractivity contribution is 0.593. The van der Waals surface area contributed by atoms with E-state index in [9.17, 15) is 16.8 Å². The molecule has 0 saturated carbocycles. The van der Waals surface area contributed by atoms with Crippen LogP contribution in [0.15, 0.2) is 76.5 Å². The maximum atomic E-state index is 13.1. The third-order valence-corrected chi connectivity index (χ3v) is 8.14. The largest absolute Gasteiger partial charge is 0.280 e. The van der Waals surface area contributed by atoms with Gasteiger partial charge in [0.25, 0.3) is 20.0 Å². The Bertz CT molecular complexity index is 1270. The van der Waals surface area contributed by atoms with Gasteiger partial charge in [-0.2, -0.15) is 0 Å². The summed E-state index contributed by atoms with van der Waals surface area (Å²) in [5.74, 6) is 0. The van der Waals surface area contributed by atoms with E-state index in [0.717, 1.165) is 9.87 Å². The van der Waals surface area contributed by atoms with Crippen molar-refractivity contribution in [3.8, 4) is 0 Å². The second kappa shape index (κ2) is 8.12. The van der Waals surface area contributed by atoms with Gasteiger partial charge in [-0.1, -0.05) is 42.0 Å². The van der Waals surface area contributed by atoms with Crippen LogP contribution < -0.4 is 9.03 Å². The van der Waals surface area contributed by atoms with E-state index in [2.05, 4.69) is 4.72 Å². The van der Waals surface area contributed by atoms with Crippen molar-refractivity contribution in [3.63, 3.8) is 0 Å². The zero-order chi connectivity index (χ0) is 22.1. The number of anilines is 2. The molecule has 0 heterocycles. The predicted octanol–water partition coefficient (Wildman–Crippen LogP) is 4.24. The standard InChI is InChI=1S/C22H24N2O4S2/c1-16-10-12-20(13-11-16)30(27,28)24(4)21-15-22(18(3)14-17(21)2)29(25,26)23-19-8-6-5-7-9-19/h5-15,23H,1-4H3. The molecule has 0 spiro atoms. The molecule has 0 unspecified atom stereocenters. The Morgan fingerprint density at radius 3 is 1.97 bits per heavy atom. The molecule has 6 nitrogen and oxygen atoms in total. The maximum Gasteiger partial charge on any atom is 0.264 e. The average Bonchev–Trinajstić information content (AvgIpc) is 2.68. The molecule has 0 radical (unpaired) electrons. The first kappa shape index (κ1) is 21.9. The maximum absolute atomic E-state index is 13.1. The van der Waals surface area contributed by atoms with E-state index < -0.39 is 20.0 Å². The van der Waals surface area contributed by atoms with Gasteiger partial charge in [-0.15, -0.1) is 0 Å². The summed E-state index contributed by atoms with van der Waals surface area (Å²) in [7, 11) is -6.33. The second-order valence-corrected chi connectivity index (χ2v) is 10.8. The Labute approximate surface area is 178 Å². The summed E-state index contributed by atoms with van der Waals surface area (Å²) >= 11 is 0. The van der Waals surface area contributed by atoms with Crippen LogP contribution in [0.5, 0.6) is 0 Å². The lowest BCUT2D eigenvalue weighted by Crippen LogP contribution is -2.28. The average molecular weight is 445 g/mol. The Morgan fingerprint density at radius 1 is 0.767 bits per heavy atom. The van der Waals surface area contributed by atoms with Crippen LogP contribution in [0.25, 0.3) is 0 Å². The van der Waals surface area contributed by atoms with Crippen molar-refractivity contribution in [2.75, 3.05) is 16.1 Å². The molecule has 0 aliphatic carbocycles. The van der Waals surface area contributed by atoms with E-state index >= 15 is 0 Å². The van der Waals surface area contributed by atoms with Gasteiger partial charge in [0.05, 0.1) is 15.5 Å². The van der Waals surface area contributed by atoms with Gasteiger partial charge in [0.1, 0.15) is 0 Å². The van der Waals surface area contributed by atoms with Gasteiger partial charge in [-0.05, 0) is 62.2 Å². The summed E-state index contributed by atoms with van der Waals surface area (Å²) < 4.78 is 55.8. The van der Waals surface area contributed by atoms with E-state index in [1.54, 1.807) is 74.5 Å². The fourth-order valence-electron chi connectivity index (χ4n) is 3.16. The number of benzene rings is 3. The molecule has 3 aromatic carbocycles. The van der Waals surface area contributed by atoms with Crippen molar-refractivity contribution in [1.29, 1.82) is 0 Å². The quantitative estimate of drug-likeness (QED) is 0.616. The Hall–Kier alpha value is -2.84. The first-order valence-electron chi connectivity index (χ1n) is 9.27. The monoisotopic (exact) mass is 444 g/mol. The molecule has 0 amide bonds. The fraction of sp³-hybridized carbons (Fsp3) is 0.182. The fourth-order valence-corrected chi connectivity index (χ4v) is 5.72. The smallest absolute Gasteiger partial charge is 0.264 e. The topological polar surface area (TPSA) is 83.6 Å². The van der Waals surface area contributed by atoms with E-state index in [1.165, 1.54) is 13.1 Å². The van der Waals surface area contributed by atoms with Crippen molar-refractivity contribution < 1.29 is 16.8 Å². The van der Waals surface area contributed by atoms with Crippen molar-refractivity contribution in [1.82, 2.24) is 0 Å². The minimum absolute atomic E-state index is 0.0258. The van der Waals surface area contributed by atoms with Crippen LogP contribution >= 0.6 is 0 Å². The molecule has 158 valence electrons. The highest BCUT2D eigenvalue weighted by Gasteiger charge is 2.26. The molecule has 3 rings (SSSR count). The number of nitrogens with zero attached hydrogens (tertiary/aromatic N) is 1. The van der Waals surface area contributed by atoms with Crippen LogP contribution in [0.1, 0.15) is 16.7 Å². The molecular formula is C22H24N2O4S2. The summed E-state index contributed by atoms with van der Waals surface area (Å²) in [4.78, 5) is 0.167. The summed E-state index contributed by atoms with van der Waals surface area (Å²) in [5, 5.41) is 0. The molecule has 0 fully saturated rings. The first-order chi connectivity index (χ1) is 14.0. The molecule has 0 bridgehead atoms. The van der Waals surface area contributed by atoms with Crippen LogP contribution in [0.3, 0.4) is 0 Å². The third-order valence-electron chi connectivity index (χ3n) is 4.83. The molecule has 8 heteroatoms. The van der Waals surface area contributed by atoms with Gasteiger partial charge in [0, 0.05) is 12.7 Å². The molecule has 0 aromatic heterocycles. The van der Waals surface area contributed by atoms with Gasteiger partial charge in [-0.3, -0.25) is 9.03 Å².